The number of amides is 1. The Kier molecular flexibility index (Phi) is 3.07. The standard InChI is InChI=1S/C15H17N3O/c1-11(18-10-4-9-16-18)15(19)17-14-8-7-12-5-2-3-6-13(12)14/h2-6,9-11,14H,7-8H2,1H3,(H,17,19). The first-order valence-electron chi connectivity index (χ1n) is 6.63. The van der Waals surface area contributed by atoms with Gasteiger partial charge in [-0.1, -0.05) is 24.3 Å². The summed E-state index contributed by atoms with van der Waals surface area (Å²) in [4.78, 5) is 12.2. The summed E-state index contributed by atoms with van der Waals surface area (Å²) in [5.41, 5.74) is 2.60. The average molecular weight is 255 g/mol. The Morgan fingerprint density at radius 1 is 1.42 bits per heavy atom. The Labute approximate surface area is 112 Å². The highest BCUT2D eigenvalue weighted by atomic mass is 16.2. The molecule has 2 aromatic rings. The van der Waals surface area contributed by atoms with Crippen molar-refractivity contribution in [3.8, 4) is 0 Å². The van der Waals surface area contributed by atoms with E-state index in [1.165, 1.54) is 11.1 Å². The number of rotatable bonds is 3. The summed E-state index contributed by atoms with van der Waals surface area (Å²) in [5, 5.41) is 7.24. The van der Waals surface area contributed by atoms with Gasteiger partial charge >= 0.3 is 0 Å². The second kappa shape index (κ2) is 4.88. The van der Waals surface area contributed by atoms with E-state index in [9.17, 15) is 4.79 Å². The van der Waals surface area contributed by atoms with Crippen LogP contribution >= 0.6 is 0 Å². The first kappa shape index (κ1) is 12.0. The zero-order valence-electron chi connectivity index (χ0n) is 10.9. The molecule has 0 aliphatic heterocycles. The van der Waals surface area contributed by atoms with Crippen molar-refractivity contribution >= 4 is 5.91 Å². The zero-order valence-corrected chi connectivity index (χ0v) is 10.9. The van der Waals surface area contributed by atoms with E-state index in [2.05, 4.69) is 28.6 Å². The summed E-state index contributed by atoms with van der Waals surface area (Å²) < 4.78 is 1.68. The number of nitrogens with zero attached hydrogens (tertiary/aromatic N) is 2. The number of carbonyl (C=O) groups excluding carboxylic acids is 1. The topological polar surface area (TPSA) is 46.9 Å². The molecule has 4 nitrogen and oxygen atoms in total. The molecule has 0 radical (unpaired) electrons. The van der Waals surface area contributed by atoms with Crippen LogP contribution in [0, 0.1) is 0 Å². The predicted molar refractivity (Wildman–Crippen MR) is 72.6 cm³/mol. The molecular formula is C15H17N3O. The van der Waals surface area contributed by atoms with E-state index in [1.807, 2.05) is 25.3 Å². The van der Waals surface area contributed by atoms with Crippen molar-refractivity contribution in [2.45, 2.75) is 31.8 Å². The fraction of sp³-hybridized carbons (Fsp3) is 0.333. The van der Waals surface area contributed by atoms with Crippen molar-refractivity contribution in [3.63, 3.8) is 0 Å². The second-order valence-corrected chi connectivity index (χ2v) is 4.96. The number of nitrogens with one attached hydrogen (secondary N) is 1. The van der Waals surface area contributed by atoms with E-state index in [0.717, 1.165) is 12.8 Å². The number of aryl methyl sites for hydroxylation is 1. The van der Waals surface area contributed by atoms with Crippen LogP contribution in [0.4, 0.5) is 0 Å². The molecule has 0 saturated heterocycles. The maximum atomic E-state index is 12.2. The van der Waals surface area contributed by atoms with Crippen molar-refractivity contribution in [3.05, 3.63) is 53.9 Å². The first-order valence-corrected chi connectivity index (χ1v) is 6.63. The van der Waals surface area contributed by atoms with Crippen molar-refractivity contribution in [2.24, 2.45) is 0 Å². The van der Waals surface area contributed by atoms with Gasteiger partial charge < -0.3 is 5.32 Å². The maximum absolute atomic E-state index is 12.2. The van der Waals surface area contributed by atoms with Crippen LogP contribution in [0.1, 0.15) is 36.6 Å². The minimum absolute atomic E-state index is 0.0189. The Bertz CT molecular complexity index is 577. The van der Waals surface area contributed by atoms with Crippen molar-refractivity contribution in [2.75, 3.05) is 0 Å². The number of fused-ring (bicyclic) bond motifs is 1. The molecule has 0 bridgehead atoms. The predicted octanol–water partition coefficient (Wildman–Crippen LogP) is 2.25. The molecular weight excluding hydrogens is 238 g/mol. The quantitative estimate of drug-likeness (QED) is 0.914. The van der Waals surface area contributed by atoms with E-state index in [0.29, 0.717) is 0 Å². The summed E-state index contributed by atoms with van der Waals surface area (Å²) in [7, 11) is 0. The number of hydrogen-bond acceptors (Lipinski definition) is 2. The van der Waals surface area contributed by atoms with Crippen LogP contribution in [0.2, 0.25) is 0 Å². The Balaban J connectivity index is 1.71. The minimum atomic E-state index is -0.275. The summed E-state index contributed by atoms with van der Waals surface area (Å²) >= 11 is 0. The molecule has 1 aromatic heterocycles. The molecule has 2 unspecified atom stereocenters. The summed E-state index contributed by atoms with van der Waals surface area (Å²) in [6.07, 6.45) is 5.52. The molecule has 1 amide bonds. The minimum Gasteiger partial charge on any atom is -0.347 e. The number of carbonyl (C=O) groups is 1. The van der Waals surface area contributed by atoms with E-state index in [4.69, 9.17) is 0 Å². The van der Waals surface area contributed by atoms with Gasteiger partial charge in [0.1, 0.15) is 6.04 Å². The lowest BCUT2D eigenvalue weighted by Gasteiger charge is -2.18. The molecule has 1 aliphatic carbocycles. The Hall–Kier alpha value is -2.10. The third kappa shape index (κ3) is 2.26. The Morgan fingerprint density at radius 3 is 3.05 bits per heavy atom. The lowest BCUT2D eigenvalue weighted by molar-refractivity contribution is -0.124. The highest BCUT2D eigenvalue weighted by molar-refractivity contribution is 5.80. The van der Waals surface area contributed by atoms with Crippen LogP contribution in [0.15, 0.2) is 42.7 Å². The van der Waals surface area contributed by atoms with E-state index in [1.54, 1.807) is 10.9 Å². The molecule has 98 valence electrons. The van der Waals surface area contributed by atoms with Gasteiger partial charge in [0.15, 0.2) is 0 Å². The van der Waals surface area contributed by atoms with Crippen molar-refractivity contribution in [1.82, 2.24) is 15.1 Å². The first-order chi connectivity index (χ1) is 9.25. The van der Waals surface area contributed by atoms with Crippen LogP contribution in [0.3, 0.4) is 0 Å². The fourth-order valence-electron chi connectivity index (χ4n) is 2.63. The van der Waals surface area contributed by atoms with Crippen LogP contribution in [0.5, 0.6) is 0 Å². The number of benzene rings is 1. The second-order valence-electron chi connectivity index (χ2n) is 4.96. The van der Waals surface area contributed by atoms with Crippen molar-refractivity contribution < 1.29 is 4.79 Å². The SMILES string of the molecule is CC(C(=O)NC1CCc2ccccc21)n1cccn1. The van der Waals surface area contributed by atoms with Crippen molar-refractivity contribution in [1.29, 1.82) is 0 Å². The van der Waals surface area contributed by atoms with Crippen LogP contribution in [0.25, 0.3) is 0 Å². The summed E-state index contributed by atoms with van der Waals surface area (Å²) in [6.45, 7) is 1.86. The zero-order chi connectivity index (χ0) is 13.2. The summed E-state index contributed by atoms with van der Waals surface area (Å²) in [5.74, 6) is 0.0189. The third-order valence-electron chi connectivity index (χ3n) is 3.75. The highest BCUT2D eigenvalue weighted by Gasteiger charge is 2.25. The van der Waals surface area contributed by atoms with Gasteiger partial charge in [0, 0.05) is 12.4 Å². The maximum Gasteiger partial charge on any atom is 0.245 e. The molecule has 1 aromatic carbocycles. The molecule has 1 aliphatic rings. The molecule has 0 fully saturated rings. The largest absolute Gasteiger partial charge is 0.347 e. The van der Waals surface area contributed by atoms with E-state index in [-0.39, 0.29) is 18.0 Å². The molecule has 0 saturated carbocycles. The lowest BCUT2D eigenvalue weighted by Crippen LogP contribution is -2.33. The highest BCUT2D eigenvalue weighted by Crippen LogP contribution is 2.30. The molecule has 1 heterocycles. The van der Waals surface area contributed by atoms with Gasteiger partial charge in [-0.15, -0.1) is 0 Å². The number of aromatic nitrogens is 2. The van der Waals surface area contributed by atoms with Gasteiger partial charge in [0.2, 0.25) is 5.91 Å². The molecule has 4 heteroatoms. The lowest BCUT2D eigenvalue weighted by atomic mass is 10.1. The van der Waals surface area contributed by atoms with Gasteiger partial charge in [0.05, 0.1) is 6.04 Å². The molecule has 1 N–H and O–H groups in total. The van der Waals surface area contributed by atoms with Crippen LogP contribution in [-0.4, -0.2) is 15.7 Å². The number of hydrogen-bond donors (Lipinski definition) is 1. The van der Waals surface area contributed by atoms with Gasteiger partial charge in [-0.3, -0.25) is 9.48 Å². The molecule has 19 heavy (non-hydrogen) atoms. The third-order valence-corrected chi connectivity index (χ3v) is 3.75. The summed E-state index contributed by atoms with van der Waals surface area (Å²) in [6, 6.07) is 10.0. The van der Waals surface area contributed by atoms with Crippen LogP contribution < -0.4 is 5.32 Å². The Morgan fingerprint density at radius 2 is 2.26 bits per heavy atom. The fourth-order valence-corrected chi connectivity index (χ4v) is 2.63. The smallest absolute Gasteiger partial charge is 0.245 e. The van der Waals surface area contributed by atoms with Gasteiger partial charge in [-0.25, -0.2) is 0 Å². The monoisotopic (exact) mass is 255 g/mol. The molecule has 2 atom stereocenters. The normalized spacial score (nSPS) is 18.9. The molecule has 0 spiro atoms. The van der Waals surface area contributed by atoms with E-state index < -0.39 is 0 Å². The van der Waals surface area contributed by atoms with Gasteiger partial charge in [0.25, 0.3) is 0 Å². The molecule has 3 rings (SSSR count). The average Bonchev–Trinajstić information content (AvgIpc) is 3.08. The van der Waals surface area contributed by atoms with E-state index >= 15 is 0 Å². The van der Waals surface area contributed by atoms with Gasteiger partial charge in [-0.05, 0) is 37.0 Å². The van der Waals surface area contributed by atoms with Crippen LogP contribution in [-0.2, 0) is 11.2 Å². The van der Waals surface area contributed by atoms with Gasteiger partial charge in [-0.2, -0.15) is 5.10 Å².